The quantitative estimate of drug-likeness (QED) is 0.0307. The van der Waals surface area contributed by atoms with Gasteiger partial charge in [0.1, 0.15) is 12.0 Å². The molecule has 7 rings (SSSR count). The van der Waals surface area contributed by atoms with E-state index >= 15 is 0 Å². The van der Waals surface area contributed by atoms with Gasteiger partial charge in [-0.2, -0.15) is 0 Å². The van der Waals surface area contributed by atoms with Crippen LogP contribution in [0.3, 0.4) is 0 Å². The normalized spacial score (nSPS) is 14.1. The van der Waals surface area contributed by atoms with Gasteiger partial charge in [-0.25, -0.2) is 31.5 Å². The first-order valence-electron chi connectivity index (χ1n) is 20.1. The van der Waals surface area contributed by atoms with E-state index in [-0.39, 0.29) is 29.0 Å². The van der Waals surface area contributed by atoms with Gasteiger partial charge >= 0.3 is 0 Å². The van der Waals surface area contributed by atoms with Crippen molar-refractivity contribution in [3.05, 3.63) is 142 Å². The average Bonchev–Trinajstić information content (AvgIpc) is 3.26. The van der Waals surface area contributed by atoms with Crippen molar-refractivity contribution in [2.75, 3.05) is 59.7 Å². The molecule has 2 heterocycles. The van der Waals surface area contributed by atoms with Gasteiger partial charge in [-0.05, 0) is 84.1 Å². The Kier molecular flexibility index (Phi) is 14.6. The van der Waals surface area contributed by atoms with Crippen LogP contribution in [0, 0.1) is 10.1 Å². The molecule has 0 unspecified atom stereocenters. The highest BCUT2D eigenvalue weighted by atomic mass is 35.5. The number of aromatic nitrogens is 2. The number of anilines is 3. The third kappa shape index (κ3) is 12.0. The molecule has 1 aliphatic heterocycles. The number of unbranched alkanes of at least 4 members (excludes halogenated alkanes) is 1. The summed E-state index contributed by atoms with van der Waals surface area (Å²) in [6, 6.07) is 35.2. The largest absolute Gasteiger partial charge is 0.376 e. The zero-order valence-electron chi connectivity index (χ0n) is 34.0. The lowest BCUT2D eigenvalue weighted by molar-refractivity contribution is -0.384. The lowest BCUT2D eigenvalue weighted by Gasteiger charge is -2.36. The molecule has 18 heteroatoms. The maximum Gasteiger partial charge on any atom is 0.293 e. The number of hydrogen-bond donors (Lipinski definition) is 3. The minimum absolute atomic E-state index is 0.0546. The highest BCUT2D eigenvalue weighted by Crippen LogP contribution is 2.33. The molecule has 0 aliphatic carbocycles. The van der Waals surface area contributed by atoms with E-state index in [4.69, 9.17) is 11.6 Å². The number of rotatable bonds is 19. The van der Waals surface area contributed by atoms with E-state index in [9.17, 15) is 26.9 Å². The minimum atomic E-state index is -4.32. The molecule has 0 radical (unpaired) electrons. The predicted octanol–water partition coefficient (Wildman–Crippen LogP) is 8.27. The Labute approximate surface area is 371 Å². The van der Waals surface area contributed by atoms with Crippen LogP contribution < -0.4 is 19.7 Å². The van der Waals surface area contributed by atoms with Crippen molar-refractivity contribution in [1.82, 2.24) is 19.6 Å². The van der Waals surface area contributed by atoms with Gasteiger partial charge in [0.2, 0.25) is 10.0 Å². The first-order valence-corrected chi connectivity index (χ1v) is 24.8. The Hall–Kier alpha value is -5.30. The van der Waals surface area contributed by atoms with E-state index in [1.54, 1.807) is 17.8 Å². The fourth-order valence-electron chi connectivity index (χ4n) is 7.34. The first kappa shape index (κ1) is 44.7. The summed E-state index contributed by atoms with van der Waals surface area (Å²) in [4.78, 5) is 25.9. The molecule has 324 valence electrons. The highest BCUT2D eigenvalue weighted by Gasteiger charge is 2.25. The van der Waals surface area contributed by atoms with Crippen LogP contribution >= 0.6 is 23.4 Å². The van der Waals surface area contributed by atoms with Crippen molar-refractivity contribution >= 4 is 77.2 Å². The Balaban J connectivity index is 1.01. The molecule has 5 aromatic carbocycles. The van der Waals surface area contributed by atoms with Gasteiger partial charge < -0.3 is 10.2 Å². The van der Waals surface area contributed by atoms with Gasteiger partial charge in [0.15, 0.2) is 5.82 Å². The first-order chi connectivity index (χ1) is 29.8. The number of nitro benzene ring substituents is 1. The molecule has 14 nitrogen and oxygen atoms in total. The molecule has 1 aromatic heterocycles. The Morgan fingerprint density at radius 3 is 2.34 bits per heavy atom. The van der Waals surface area contributed by atoms with Gasteiger partial charge in [0.25, 0.3) is 15.7 Å². The van der Waals surface area contributed by atoms with Crippen LogP contribution in [0.15, 0.2) is 131 Å². The summed E-state index contributed by atoms with van der Waals surface area (Å²) in [5, 5.41) is 16.8. The number of sulfonamides is 2. The van der Waals surface area contributed by atoms with E-state index in [1.807, 2.05) is 72.8 Å². The molecule has 1 fully saturated rings. The van der Waals surface area contributed by atoms with Gasteiger partial charge in [0.05, 0.1) is 21.6 Å². The summed E-state index contributed by atoms with van der Waals surface area (Å²) in [5.41, 5.74) is 4.83. The topological polar surface area (TPSA) is 180 Å². The number of hydrogen-bond acceptors (Lipinski definition) is 12. The molecule has 3 N–H and O–H groups in total. The van der Waals surface area contributed by atoms with Crippen molar-refractivity contribution in [2.45, 2.75) is 41.6 Å². The number of piperazine rings is 1. The maximum absolute atomic E-state index is 13.8. The number of nitrogens with one attached hydrogen (secondary N) is 3. The van der Waals surface area contributed by atoms with Gasteiger partial charge in [-0.3, -0.25) is 19.7 Å². The SMILES string of the molecule is CS(=O)(=O)NCCCC[C@H](CSc1ccccc1)Nc1ccc(S(=O)(=O)Nc2ncnc3cc(N4CCN(Cc5ccccc5-c5ccc(Cl)cc5)CC4)ccc23)cc1[N+](=O)[O-]. The van der Waals surface area contributed by atoms with Crippen molar-refractivity contribution in [1.29, 1.82) is 0 Å². The molecule has 1 atom stereocenters. The predicted molar refractivity (Wildman–Crippen MR) is 249 cm³/mol. The number of nitrogens with zero attached hydrogens (tertiary/aromatic N) is 5. The number of benzene rings is 5. The maximum atomic E-state index is 13.8. The lowest BCUT2D eigenvalue weighted by Crippen LogP contribution is -2.46. The van der Waals surface area contributed by atoms with Gasteiger partial charge in [-0.1, -0.05) is 72.6 Å². The zero-order chi connectivity index (χ0) is 43.7. The van der Waals surface area contributed by atoms with E-state index in [2.05, 4.69) is 52.7 Å². The second-order valence-electron chi connectivity index (χ2n) is 15.0. The molecule has 0 saturated carbocycles. The van der Waals surface area contributed by atoms with Crippen LogP contribution in [0.5, 0.6) is 0 Å². The summed E-state index contributed by atoms with van der Waals surface area (Å²) in [6.07, 6.45) is 4.20. The number of nitro groups is 1. The van der Waals surface area contributed by atoms with Crippen LogP contribution in [0.4, 0.5) is 22.9 Å². The zero-order valence-corrected chi connectivity index (χ0v) is 37.2. The third-order valence-corrected chi connectivity index (χ3v) is 14.0. The standard InChI is InChI=1S/C44H47ClN8O6S3/c1-61(56,57)48-22-8-7-10-35(30-60-37-11-3-2-4-12-37)49-41-21-19-38(28-43(41)53(54)55)62(58,59)50-44-40-20-18-36(27-42(40)46-31-47-44)52-25-23-51(24-26-52)29-33-9-5-6-13-39(33)32-14-16-34(45)17-15-32/h2-6,9,11-21,27-28,31,35,48-49H,7-8,10,22-26,29-30H2,1H3,(H,46,47,50)/t35-/m1/s1. The second kappa shape index (κ2) is 20.3. The molecule has 1 aliphatic rings. The van der Waals surface area contributed by atoms with Crippen molar-refractivity contribution in [2.24, 2.45) is 0 Å². The lowest BCUT2D eigenvalue weighted by atomic mass is 9.99. The summed E-state index contributed by atoms with van der Waals surface area (Å²) in [7, 11) is -7.64. The van der Waals surface area contributed by atoms with Crippen LogP contribution in [0.1, 0.15) is 24.8 Å². The van der Waals surface area contributed by atoms with Gasteiger partial charge in [-0.15, -0.1) is 11.8 Å². The Bertz CT molecular complexity index is 2720. The van der Waals surface area contributed by atoms with Crippen LogP contribution in [0.2, 0.25) is 5.02 Å². The molecular weight excluding hydrogens is 868 g/mol. The molecule has 0 spiro atoms. The summed E-state index contributed by atoms with van der Waals surface area (Å²) in [6.45, 7) is 4.37. The molecule has 0 amide bonds. The monoisotopic (exact) mass is 914 g/mol. The van der Waals surface area contributed by atoms with Crippen LogP contribution in [0.25, 0.3) is 22.0 Å². The van der Waals surface area contributed by atoms with E-state index in [1.165, 1.54) is 29.6 Å². The highest BCUT2D eigenvalue weighted by molar-refractivity contribution is 7.99. The van der Waals surface area contributed by atoms with Crippen molar-refractivity contribution in [3.63, 3.8) is 0 Å². The smallest absolute Gasteiger partial charge is 0.293 e. The summed E-state index contributed by atoms with van der Waals surface area (Å²) < 4.78 is 55.6. The van der Waals surface area contributed by atoms with E-state index < -0.39 is 30.7 Å². The number of halogens is 1. The van der Waals surface area contributed by atoms with Gasteiger partial charge in [0, 0.05) is 78.1 Å². The fraction of sp³-hybridized carbons (Fsp3) is 0.273. The second-order valence-corrected chi connectivity index (χ2v) is 20.1. The minimum Gasteiger partial charge on any atom is -0.376 e. The summed E-state index contributed by atoms with van der Waals surface area (Å²) in [5.74, 6) is 0.612. The molecule has 1 saturated heterocycles. The molecule has 62 heavy (non-hydrogen) atoms. The summed E-state index contributed by atoms with van der Waals surface area (Å²) >= 11 is 7.72. The van der Waals surface area contributed by atoms with Crippen LogP contribution in [-0.2, 0) is 26.6 Å². The molecule has 0 bridgehead atoms. The van der Waals surface area contributed by atoms with Crippen molar-refractivity contribution < 1.29 is 21.8 Å². The average molecular weight is 916 g/mol. The Morgan fingerprint density at radius 2 is 1.60 bits per heavy atom. The molecular formula is C44H47ClN8O6S3. The van der Waals surface area contributed by atoms with E-state index in [0.717, 1.165) is 61.2 Å². The van der Waals surface area contributed by atoms with E-state index in [0.29, 0.717) is 40.9 Å². The Morgan fingerprint density at radius 1 is 0.855 bits per heavy atom. The third-order valence-electron chi connectivity index (χ3n) is 10.5. The van der Waals surface area contributed by atoms with Crippen molar-refractivity contribution in [3.8, 4) is 11.1 Å². The fourth-order valence-corrected chi connectivity index (χ4v) is 10.0. The number of thioether (sulfide) groups is 1. The number of fused-ring (bicyclic) bond motifs is 1. The molecule has 6 aromatic rings. The van der Waals surface area contributed by atoms with Crippen LogP contribution in [-0.4, -0.2) is 87.4 Å².